The molecular formula is C12H21NO3. The lowest BCUT2D eigenvalue weighted by Crippen LogP contribution is -2.40. The molecule has 1 heterocycles. The Hall–Kier alpha value is -0.900. The summed E-state index contributed by atoms with van der Waals surface area (Å²) in [5.41, 5.74) is 0. The molecule has 0 bridgehead atoms. The minimum atomic E-state index is -0.0193. The minimum absolute atomic E-state index is 0.0193. The van der Waals surface area contributed by atoms with Gasteiger partial charge in [-0.2, -0.15) is 0 Å². The third kappa shape index (κ3) is 4.75. The first-order valence-electron chi connectivity index (χ1n) is 5.96. The number of ketones is 1. The summed E-state index contributed by atoms with van der Waals surface area (Å²) in [6, 6.07) is 0.184. The third-order valence-corrected chi connectivity index (χ3v) is 3.07. The standard InChI is InChI=1S/C12H21NO3/c1-9(14)3-4-12(15)13-10(2)11-5-7-16-8-6-11/h10-11H,3-8H2,1-2H3,(H,13,15). The number of ether oxygens (including phenoxy) is 1. The van der Waals surface area contributed by atoms with E-state index in [9.17, 15) is 9.59 Å². The fourth-order valence-corrected chi connectivity index (χ4v) is 1.95. The molecule has 4 heteroatoms. The van der Waals surface area contributed by atoms with E-state index in [-0.39, 0.29) is 17.7 Å². The molecule has 1 N–H and O–H groups in total. The lowest BCUT2D eigenvalue weighted by Gasteiger charge is -2.28. The van der Waals surface area contributed by atoms with E-state index >= 15 is 0 Å². The van der Waals surface area contributed by atoms with Crippen molar-refractivity contribution in [1.29, 1.82) is 0 Å². The highest BCUT2D eigenvalue weighted by Gasteiger charge is 2.21. The van der Waals surface area contributed by atoms with Crippen LogP contribution in [-0.2, 0) is 14.3 Å². The monoisotopic (exact) mass is 227 g/mol. The predicted molar refractivity (Wildman–Crippen MR) is 61.1 cm³/mol. The lowest BCUT2D eigenvalue weighted by atomic mass is 9.93. The fraction of sp³-hybridized carbons (Fsp3) is 0.833. The maximum Gasteiger partial charge on any atom is 0.220 e. The predicted octanol–water partition coefficient (Wildman–Crippen LogP) is 1.29. The van der Waals surface area contributed by atoms with Gasteiger partial charge in [-0.1, -0.05) is 0 Å². The highest BCUT2D eigenvalue weighted by molar-refractivity contribution is 5.83. The normalized spacial score (nSPS) is 19.1. The number of carbonyl (C=O) groups excluding carboxylic acids is 2. The van der Waals surface area contributed by atoms with Gasteiger partial charge in [0.05, 0.1) is 0 Å². The number of Topliss-reactive ketones (excluding diaryl/α,β-unsaturated/α-hetero) is 1. The van der Waals surface area contributed by atoms with Crippen LogP contribution in [0.15, 0.2) is 0 Å². The van der Waals surface area contributed by atoms with Crippen molar-refractivity contribution in [3.05, 3.63) is 0 Å². The summed E-state index contributed by atoms with van der Waals surface area (Å²) >= 11 is 0. The Balaban J connectivity index is 2.23. The van der Waals surface area contributed by atoms with Crippen LogP contribution >= 0.6 is 0 Å². The quantitative estimate of drug-likeness (QED) is 0.770. The number of hydrogen-bond acceptors (Lipinski definition) is 3. The van der Waals surface area contributed by atoms with Crippen LogP contribution in [-0.4, -0.2) is 30.9 Å². The summed E-state index contributed by atoms with van der Waals surface area (Å²) < 4.78 is 5.28. The highest BCUT2D eigenvalue weighted by Crippen LogP contribution is 2.18. The summed E-state index contributed by atoms with van der Waals surface area (Å²) in [5.74, 6) is 0.554. The molecule has 0 aromatic rings. The number of hydrogen-bond donors (Lipinski definition) is 1. The second-order valence-electron chi connectivity index (χ2n) is 4.51. The van der Waals surface area contributed by atoms with Gasteiger partial charge in [0.1, 0.15) is 5.78 Å². The van der Waals surface area contributed by atoms with Crippen molar-refractivity contribution in [1.82, 2.24) is 5.32 Å². The summed E-state index contributed by atoms with van der Waals surface area (Å²) in [6.07, 6.45) is 2.66. The first-order valence-corrected chi connectivity index (χ1v) is 5.96. The van der Waals surface area contributed by atoms with E-state index in [1.807, 2.05) is 6.92 Å². The van der Waals surface area contributed by atoms with Crippen LogP contribution in [0.3, 0.4) is 0 Å². The van der Waals surface area contributed by atoms with Gasteiger partial charge in [-0.15, -0.1) is 0 Å². The van der Waals surface area contributed by atoms with Gasteiger partial charge in [0, 0.05) is 32.1 Å². The topological polar surface area (TPSA) is 55.4 Å². The molecular weight excluding hydrogens is 206 g/mol. The third-order valence-electron chi connectivity index (χ3n) is 3.07. The molecule has 0 aliphatic carbocycles. The molecule has 0 saturated carbocycles. The lowest BCUT2D eigenvalue weighted by molar-refractivity contribution is -0.125. The van der Waals surface area contributed by atoms with Gasteiger partial charge in [0.2, 0.25) is 5.91 Å². The second kappa shape index (κ2) is 6.63. The fourth-order valence-electron chi connectivity index (χ4n) is 1.95. The van der Waals surface area contributed by atoms with Crippen molar-refractivity contribution in [3.8, 4) is 0 Å². The maximum atomic E-state index is 11.5. The molecule has 1 amide bonds. The summed E-state index contributed by atoms with van der Waals surface area (Å²) in [5, 5.41) is 2.96. The molecule has 4 nitrogen and oxygen atoms in total. The molecule has 1 saturated heterocycles. The van der Waals surface area contributed by atoms with Crippen LogP contribution in [0.25, 0.3) is 0 Å². The number of rotatable bonds is 5. The van der Waals surface area contributed by atoms with Crippen LogP contribution < -0.4 is 5.32 Å². The van der Waals surface area contributed by atoms with E-state index in [0.717, 1.165) is 26.1 Å². The largest absolute Gasteiger partial charge is 0.381 e. The van der Waals surface area contributed by atoms with Crippen molar-refractivity contribution in [2.24, 2.45) is 5.92 Å². The molecule has 1 fully saturated rings. The Morgan fingerprint density at radius 2 is 1.94 bits per heavy atom. The molecule has 0 radical (unpaired) electrons. The Morgan fingerprint density at radius 3 is 2.50 bits per heavy atom. The molecule has 1 aliphatic heterocycles. The molecule has 1 rings (SSSR count). The van der Waals surface area contributed by atoms with E-state index < -0.39 is 0 Å². The summed E-state index contributed by atoms with van der Waals surface area (Å²) in [4.78, 5) is 22.2. The van der Waals surface area contributed by atoms with Gasteiger partial charge in [-0.25, -0.2) is 0 Å². The van der Waals surface area contributed by atoms with Crippen LogP contribution in [0.1, 0.15) is 39.5 Å². The molecule has 1 unspecified atom stereocenters. The number of nitrogens with one attached hydrogen (secondary N) is 1. The first kappa shape index (κ1) is 13.2. The van der Waals surface area contributed by atoms with Gasteiger partial charge in [-0.3, -0.25) is 4.79 Å². The van der Waals surface area contributed by atoms with Gasteiger partial charge >= 0.3 is 0 Å². The first-order chi connectivity index (χ1) is 7.59. The highest BCUT2D eigenvalue weighted by atomic mass is 16.5. The molecule has 92 valence electrons. The van der Waals surface area contributed by atoms with Crippen molar-refractivity contribution in [3.63, 3.8) is 0 Å². The molecule has 0 aromatic heterocycles. The van der Waals surface area contributed by atoms with Gasteiger partial charge in [0.25, 0.3) is 0 Å². The number of carbonyl (C=O) groups is 2. The summed E-state index contributed by atoms with van der Waals surface area (Å²) in [6.45, 7) is 5.12. The molecule has 16 heavy (non-hydrogen) atoms. The smallest absolute Gasteiger partial charge is 0.220 e. The molecule has 1 atom stereocenters. The Bertz CT molecular complexity index is 247. The Morgan fingerprint density at radius 1 is 1.31 bits per heavy atom. The minimum Gasteiger partial charge on any atom is -0.381 e. The summed E-state index contributed by atoms with van der Waals surface area (Å²) in [7, 11) is 0. The van der Waals surface area contributed by atoms with Crippen molar-refractivity contribution in [2.75, 3.05) is 13.2 Å². The molecule has 0 aromatic carbocycles. The van der Waals surface area contributed by atoms with E-state index in [1.165, 1.54) is 6.92 Å². The second-order valence-corrected chi connectivity index (χ2v) is 4.51. The Kier molecular flexibility index (Phi) is 5.46. The number of amides is 1. The van der Waals surface area contributed by atoms with E-state index in [2.05, 4.69) is 5.32 Å². The maximum absolute atomic E-state index is 11.5. The van der Waals surface area contributed by atoms with Gasteiger partial charge in [0.15, 0.2) is 0 Å². The van der Waals surface area contributed by atoms with Crippen LogP contribution in [0, 0.1) is 5.92 Å². The molecule has 1 aliphatic rings. The van der Waals surface area contributed by atoms with Crippen molar-refractivity contribution >= 4 is 11.7 Å². The van der Waals surface area contributed by atoms with E-state index in [1.54, 1.807) is 0 Å². The van der Waals surface area contributed by atoms with Gasteiger partial charge < -0.3 is 14.8 Å². The SMILES string of the molecule is CC(=O)CCC(=O)NC(C)C1CCOCC1. The van der Waals surface area contributed by atoms with E-state index in [4.69, 9.17) is 4.74 Å². The average molecular weight is 227 g/mol. The van der Waals surface area contributed by atoms with Crippen LogP contribution in [0.2, 0.25) is 0 Å². The zero-order chi connectivity index (χ0) is 12.0. The zero-order valence-electron chi connectivity index (χ0n) is 10.1. The van der Waals surface area contributed by atoms with E-state index in [0.29, 0.717) is 18.8 Å². The van der Waals surface area contributed by atoms with Crippen molar-refractivity contribution in [2.45, 2.75) is 45.6 Å². The average Bonchev–Trinajstić information content (AvgIpc) is 2.27. The van der Waals surface area contributed by atoms with Gasteiger partial charge in [-0.05, 0) is 32.6 Å². The van der Waals surface area contributed by atoms with Crippen LogP contribution in [0.4, 0.5) is 0 Å². The Labute approximate surface area is 96.7 Å². The van der Waals surface area contributed by atoms with Crippen molar-refractivity contribution < 1.29 is 14.3 Å². The molecule has 0 spiro atoms. The zero-order valence-corrected chi connectivity index (χ0v) is 10.1. The van der Waals surface area contributed by atoms with Crippen LogP contribution in [0.5, 0.6) is 0 Å².